The molecule has 60 valence electrons. The van der Waals surface area contributed by atoms with Gasteiger partial charge in [-0.1, -0.05) is 5.16 Å². The number of hydrogen-bond donors (Lipinski definition) is 1. The van der Waals surface area contributed by atoms with Crippen LogP contribution in [-0.2, 0) is 11.2 Å². The smallest absolute Gasteiger partial charge is 0.228 e. The Hall–Kier alpha value is -1.39. The Morgan fingerprint density at radius 3 is 3.09 bits per heavy atom. The van der Waals surface area contributed by atoms with Gasteiger partial charge < -0.3 is 9.84 Å². The first-order valence-corrected chi connectivity index (χ1v) is 3.29. The maximum absolute atomic E-state index is 9.82. The van der Waals surface area contributed by atoms with E-state index in [0.29, 0.717) is 31.1 Å². The second kappa shape index (κ2) is 3.70. The van der Waals surface area contributed by atoms with Crippen molar-refractivity contribution in [1.82, 2.24) is 15.5 Å². The number of carbonyl (C=O) groups excluding carboxylic acids is 1. The summed E-state index contributed by atoms with van der Waals surface area (Å²) in [6.45, 7) is 2.28. The number of rotatable bonds is 4. The molecule has 0 atom stereocenters. The van der Waals surface area contributed by atoms with Crippen LogP contribution >= 0.6 is 0 Å². The fourth-order valence-electron chi connectivity index (χ4n) is 0.680. The lowest BCUT2D eigenvalue weighted by Crippen LogP contribution is -2.14. The van der Waals surface area contributed by atoms with Crippen molar-refractivity contribution >= 4 is 6.41 Å². The normalized spacial score (nSPS) is 9.55. The summed E-state index contributed by atoms with van der Waals surface area (Å²) < 4.78 is 4.79. The lowest BCUT2D eigenvalue weighted by Gasteiger charge is -1.90. The molecule has 0 aromatic carbocycles. The highest BCUT2D eigenvalue weighted by molar-refractivity contribution is 5.45. The topological polar surface area (TPSA) is 68.0 Å². The van der Waals surface area contributed by atoms with Gasteiger partial charge in [-0.3, -0.25) is 4.79 Å². The molecular weight excluding hydrogens is 146 g/mol. The molecule has 1 rings (SSSR count). The van der Waals surface area contributed by atoms with E-state index in [9.17, 15) is 4.79 Å². The Morgan fingerprint density at radius 1 is 1.73 bits per heavy atom. The summed E-state index contributed by atoms with van der Waals surface area (Å²) in [7, 11) is 0. The minimum Gasteiger partial charge on any atom is -0.358 e. The Balaban J connectivity index is 2.32. The summed E-state index contributed by atoms with van der Waals surface area (Å²) in [4.78, 5) is 13.8. The van der Waals surface area contributed by atoms with E-state index in [0.717, 1.165) is 0 Å². The predicted molar refractivity (Wildman–Crippen MR) is 36.8 cm³/mol. The first-order valence-electron chi connectivity index (χ1n) is 3.29. The molecule has 0 aliphatic carbocycles. The van der Waals surface area contributed by atoms with Crippen LogP contribution in [0.15, 0.2) is 4.52 Å². The maximum Gasteiger partial charge on any atom is 0.228 e. The van der Waals surface area contributed by atoms with E-state index >= 15 is 0 Å². The molecule has 0 aliphatic rings. The molecule has 5 nitrogen and oxygen atoms in total. The Bertz CT molecular complexity index is 233. The summed E-state index contributed by atoms with van der Waals surface area (Å²) in [6.07, 6.45) is 1.23. The standard InChI is InChI=1S/C6H9N3O2/c1-5-8-6(11-9-5)2-3-7-4-10/h4H,2-3H2,1H3,(H,7,10). The highest BCUT2D eigenvalue weighted by Gasteiger charge is 1.99. The molecule has 1 amide bonds. The number of nitrogens with one attached hydrogen (secondary N) is 1. The van der Waals surface area contributed by atoms with E-state index in [1.807, 2.05) is 0 Å². The van der Waals surface area contributed by atoms with Crippen molar-refractivity contribution in [2.75, 3.05) is 6.54 Å². The number of aryl methyl sites for hydroxylation is 1. The second-order valence-corrected chi connectivity index (χ2v) is 2.06. The molecule has 0 fully saturated rings. The highest BCUT2D eigenvalue weighted by atomic mass is 16.5. The van der Waals surface area contributed by atoms with Crippen molar-refractivity contribution in [1.29, 1.82) is 0 Å². The van der Waals surface area contributed by atoms with Gasteiger partial charge in [0.15, 0.2) is 5.82 Å². The predicted octanol–water partition coefficient (Wildman–Crippen LogP) is -0.333. The van der Waals surface area contributed by atoms with Crippen molar-refractivity contribution in [2.45, 2.75) is 13.3 Å². The van der Waals surface area contributed by atoms with E-state index in [1.54, 1.807) is 6.92 Å². The largest absolute Gasteiger partial charge is 0.358 e. The van der Waals surface area contributed by atoms with Crippen LogP contribution in [0.4, 0.5) is 0 Å². The lowest BCUT2D eigenvalue weighted by atomic mass is 10.4. The fraction of sp³-hybridized carbons (Fsp3) is 0.500. The molecule has 0 unspecified atom stereocenters. The first kappa shape index (κ1) is 7.71. The van der Waals surface area contributed by atoms with Gasteiger partial charge in [0.25, 0.3) is 0 Å². The van der Waals surface area contributed by atoms with Crippen LogP contribution in [0.2, 0.25) is 0 Å². The molecule has 0 saturated heterocycles. The molecule has 1 N–H and O–H groups in total. The number of carbonyl (C=O) groups is 1. The second-order valence-electron chi connectivity index (χ2n) is 2.06. The third-order valence-corrected chi connectivity index (χ3v) is 1.14. The first-order chi connectivity index (χ1) is 5.33. The summed E-state index contributed by atoms with van der Waals surface area (Å²) >= 11 is 0. The van der Waals surface area contributed by atoms with Crippen LogP contribution in [0, 0.1) is 6.92 Å². The van der Waals surface area contributed by atoms with Gasteiger partial charge in [-0.05, 0) is 6.92 Å². The third kappa shape index (κ3) is 2.37. The average Bonchev–Trinajstić information content (AvgIpc) is 2.37. The molecule has 11 heavy (non-hydrogen) atoms. The van der Waals surface area contributed by atoms with E-state index in [2.05, 4.69) is 15.5 Å². The molecular formula is C6H9N3O2. The van der Waals surface area contributed by atoms with E-state index < -0.39 is 0 Å². The van der Waals surface area contributed by atoms with Crippen LogP contribution in [0.1, 0.15) is 11.7 Å². The quantitative estimate of drug-likeness (QED) is 0.477. The summed E-state index contributed by atoms with van der Waals surface area (Å²) in [5.41, 5.74) is 0. The van der Waals surface area contributed by atoms with Gasteiger partial charge in [-0.2, -0.15) is 4.98 Å². The summed E-state index contributed by atoms with van der Waals surface area (Å²) in [6, 6.07) is 0. The van der Waals surface area contributed by atoms with Gasteiger partial charge in [0.2, 0.25) is 12.3 Å². The van der Waals surface area contributed by atoms with Crippen molar-refractivity contribution in [3.8, 4) is 0 Å². The molecule has 0 radical (unpaired) electrons. The number of nitrogens with zero attached hydrogens (tertiary/aromatic N) is 2. The van der Waals surface area contributed by atoms with Crippen LogP contribution in [0.25, 0.3) is 0 Å². The molecule has 0 bridgehead atoms. The van der Waals surface area contributed by atoms with Gasteiger partial charge in [0.1, 0.15) is 0 Å². The molecule has 1 aromatic rings. The Morgan fingerprint density at radius 2 is 2.55 bits per heavy atom. The van der Waals surface area contributed by atoms with Crippen LogP contribution in [0.3, 0.4) is 0 Å². The van der Waals surface area contributed by atoms with Crippen molar-refractivity contribution in [2.24, 2.45) is 0 Å². The number of aromatic nitrogens is 2. The average molecular weight is 155 g/mol. The van der Waals surface area contributed by atoms with Crippen molar-refractivity contribution in [3.05, 3.63) is 11.7 Å². The molecule has 0 aliphatic heterocycles. The van der Waals surface area contributed by atoms with Gasteiger partial charge in [-0.25, -0.2) is 0 Å². The highest BCUT2D eigenvalue weighted by Crippen LogP contribution is 1.94. The SMILES string of the molecule is Cc1noc(CCNC=O)n1. The third-order valence-electron chi connectivity index (χ3n) is 1.14. The van der Waals surface area contributed by atoms with Crippen molar-refractivity contribution < 1.29 is 9.32 Å². The Kier molecular flexibility index (Phi) is 2.59. The Labute approximate surface area is 63.8 Å². The van der Waals surface area contributed by atoms with Gasteiger partial charge in [-0.15, -0.1) is 0 Å². The number of amides is 1. The molecule has 5 heteroatoms. The zero-order chi connectivity index (χ0) is 8.10. The fourth-order valence-corrected chi connectivity index (χ4v) is 0.680. The molecule has 1 heterocycles. The van der Waals surface area contributed by atoms with E-state index in [1.165, 1.54) is 0 Å². The van der Waals surface area contributed by atoms with Crippen LogP contribution in [0.5, 0.6) is 0 Å². The zero-order valence-electron chi connectivity index (χ0n) is 6.20. The maximum atomic E-state index is 9.82. The van der Waals surface area contributed by atoms with E-state index in [4.69, 9.17) is 4.52 Å². The molecule has 1 aromatic heterocycles. The van der Waals surface area contributed by atoms with Gasteiger partial charge in [0.05, 0.1) is 0 Å². The molecule has 0 spiro atoms. The summed E-state index contributed by atoms with van der Waals surface area (Å²) in [5, 5.41) is 6.09. The molecule has 0 saturated carbocycles. The number of hydrogen-bond acceptors (Lipinski definition) is 4. The monoisotopic (exact) mass is 155 g/mol. The van der Waals surface area contributed by atoms with Crippen LogP contribution in [-0.4, -0.2) is 23.1 Å². The van der Waals surface area contributed by atoms with Crippen molar-refractivity contribution in [3.63, 3.8) is 0 Å². The summed E-state index contributed by atoms with van der Waals surface area (Å²) in [5.74, 6) is 1.17. The lowest BCUT2D eigenvalue weighted by molar-refractivity contribution is -0.109. The zero-order valence-corrected chi connectivity index (χ0v) is 6.20. The minimum absolute atomic E-state index is 0.533. The minimum atomic E-state index is 0.533. The van der Waals surface area contributed by atoms with Gasteiger partial charge in [0, 0.05) is 13.0 Å². The van der Waals surface area contributed by atoms with E-state index in [-0.39, 0.29) is 0 Å². The van der Waals surface area contributed by atoms with Gasteiger partial charge >= 0.3 is 0 Å². The van der Waals surface area contributed by atoms with Crippen LogP contribution < -0.4 is 5.32 Å².